The largest absolute Gasteiger partial charge is 0.316 e. The van der Waals surface area contributed by atoms with Crippen molar-refractivity contribution in [2.24, 2.45) is 5.41 Å². The van der Waals surface area contributed by atoms with E-state index in [1.165, 1.54) is 77.0 Å². The number of hydrogen-bond donors (Lipinski definition) is 1. The van der Waals surface area contributed by atoms with Crippen molar-refractivity contribution in [3.8, 4) is 0 Å². The third kappa shape index (κ3) is 4.64. The van der Waals surface area contributed by atoms with Crippen LogP contribution < -0.4 is 5.32 Å². The molecule has 2 aliphatic rings. The fraction of sp³-hybridized carbons (Fsp3) is 1.00. The SMILES string of the molecule is CCCNCC1(CN2CCSC(CC)C2)CCCC1. The van der Waals surface area contributed by atoms with Gasteiger partial charge in [-0.25, -0.2) is 0 Å². The number of rotatable bonds is 7. The van der Waals surface area contributed by atoms with Crippen molar-refractivity contribution in [3.63, 3.8) is 0 Å². The zero-order valence-electron chi connectivity index (χ0n) is 12.9. The van der Waals surface area contributed by atoms with Gasteiger partial charge >= 0.3 is 0 Å². The lowest BCUT2D eigenvalue weighted by Crippen LogP contribution is -2.47. The lowest BCUT2D eigenvalue weighted by atomic mass is 9.85. The quantitative estimate of drug-likeness (QED) is 0.722. The number of nitrogens with one attached hydrogen (secondary N) is 1. The van der Waals surface area contributed by atoms with E-state index in [-0.39, 0.29) is 0 Å². The smallest absolute Gasteiger partial charge is 0.0172 e. The molecule has 1 unspecified atom stereocenters. The summed E-state index contributed by atoms with van der Waals surface area (Å²) >= 11 is 2.19. The first kappa shape index (κ1) is 15.7. The second kappa shape index (κ2) is 7.90. The normalized spacial score (nSPS) is 27.8. The molecule has 112 valence electrons. The minimum Gasteiger partial charge on any atom is -0.316 e. The van der Waals surface area contributed by atoms with Crippen molar-refractivity contribution in [1.82, 2.24) is 10.2 Å². The van der Waals surface area contributed by atoms with Crippen LogP contribution in [0.15, 0.2) is 0 Å². The molecule has 0 amide bonds. The van der Waals surface area contributed by atoms with Crippen molar-refractivity contribution < 1.29 is 0 Å². The van der Waals surface area contributed by atoms with Gasteiger partial charge in [0.1, 0.15) is 0 Å². The van der Waals surface area contributed by atoms with E-state index in [0.717, 1.165) is 5.25 Å². The van der Waals surface area contributed by atoms with Crippen LogP contribution in [-0.4, -0.2) is 48.6 Å². The highest BCUT2D eigenvalue weighted by atomic mass is 32.2. The van der Waals surface area contributed by atoms with Gasteiger partial charge in [0, 0.05) is 37.2 Å². The lowest BCUT2D eigenvalue weighted by molar-refractivity contribution is 0.151. The Hall–Kier alpha value is 0.270. The highest BCUT2D eigenvalue weighted by molar-refractivity contribution is 8.00. The number of nitrogens with zero attached hydrogens (tertiary/aromatic N) is 1. The maximum atomic E-state index is 3.70. The average molecular weight is 285 g/mol. The lowest BCUT2D eigenvalue weighted by Gasteiger charge is -2.39. The molecule has 0 aromatic heterocycles. The first-order valence-corrected chi connectivity index (χ1v) is 9.37. The van der Waals surface area contributed by atoms with E-state index in [1.54, 1.807) is 0 Å². The van der Waals surface area contributed by atoms with E-state index in [0.29, 0.717) is 5.41 Å². The zero-order chi connectivity index (χ0) is 13.6. The third-order valence-corrected chi connectivity index (χ3v) is 6.20. The van der Waals surface area contributed by atoms with Gasteiger partial charge in [0.05, 0.1) is 0 Å². The van der Waals surface area contributed by atoms with Gasteiger partial charge in [0.2, 0.25) is 0 Å². The number of thioether (sulfide) groups is 1. The highest BCUT2D eigenvalue weighted by Gasteiger charge is 2.36. The van der Waals surface area contributed by atoms with Crippen molar-refractivity contribution in [2.45, 2.75) is 57.6 Å². The highest BCUT2D eigenvalue weighted by Crippen LogP contribution is 2.39. The molecule has 1 saturated heterocycles. The molecule has 0 bridgehead atoms. The Morgan fingerprint density at radius 1 is 1.26 bits per heavy atom. The predicted octanol–water partition coefficient (Wildman–Crippen LogP) is 3.37. The molecule has 2 fully saturated rings. The molecule has 1 N–H and O–H groups in total. The van der Waals surface area contributed by atoms with Crippen LogP contribution in [0.4, 0.5) is 0 Å². The summed E-state index contributed by atoms with van der Waals surface area (Å²) in [5.74, 6) is 1.34. The fourth-order valence-corrected chi connectivity index (χ4v) is 4.94. The topological polar surface area (TPSA) is 15.3 Å². The van der Waals surface area contributed by atoms with Crippen LogP contribution in [0.2, 0.25) is 0 Å². The summed E-state index contributed by atoms with van der Waals surface area (Å²) in [5, 5.41) is 4.59. The van der Waals surface area contributed by atoms with Crippen LogP contribution in [0.5, 0.6) is 0 Å². The fourth-order valence-electron chi connectivity index (χ4n) is 3.69. The van der Waals surface area contributed by atoms with E-state index in [2.05, 4.69) is 35.8 Å². The Labute approximate surface area is 124 Å². The molecule has 1 saturated carbocycles. The van der Waals surface area contributed by atoms with Crippen LogP contribution in [0.25, 0.3) is 0 Å². The molecule has 0 radical (unpaired) electrons. The van der Waals surface area contributed by atoms with Gasteiger partial charge in [-0.05, 0) is 37.6 Å². The van der Waals surface area contributed by atoms with E-state index in [1.807, 2.05) is 0 Å². The summed E-state index contributed by atoms with van der Waals surface area (Å²) in [5.41, 5.74) is 0.593. The molecular formula is C16H32N2S. The summed E-state index contributed by atoms with van der Waals surface area (Å²) in [6.07, 6.45) is 8.39. The molecule has 2 rings (SSSR count). The maximum Gasteiger partial charge on any atom is 0.0172 e. The van der Waals surface area contributed by atoms with Gasteiger partial charge in [-0.3, -0.25) is 0 Å². The molecular weight excluding hydrogens is 252 g/mol. The summed E-state index contributed by atoms with van der Waals surface area (Å²) in [7, 11) is 0. The molecule has 1 aliphatic carbocycles. The Kier molecular flexibility index (Phi) is 6.51. The molecule has 19 heavy (non-hydrogen) atoms. The van der Waals surface area contributed by atoms with Crippen molar-refractivity contribution in [3.05, 3.63) is 0 Å². The Morgan fingerprint density at radius 2 is 2.05 bits per heavy atom. The van der Waals surface area contributed by atoms with Gasteiger partial charge in [-0.2, -0.15) is 11.8 Å². The number of hydrogen-bond acceptors (Lipinski definition) is 3. The molecule has 0 aromatic carbocycles. The van der Waals surface area contributed by atoms with Crippen LogP contribution in [0.1, 0.15) is 52.4 Å². The zero-order valence-corrected chi connectivity index (χ0v) is 13.7. The second-order valence-electron chi connectivity index (χ2n) is 6.52. The van der Waals surface area contributed by atoms with Crippen LogP contribution in [0, 0.1) is 5.41 Å². The summed E-state index contributed by atoms with van der Waals surface area (Å²) < 4.78 is 0. The first-order valence-electron chi connectivity index (χ1n) is 8.33. The van der Waals surface area contributed by atoms with Gasteiger partial charge in [-0.1, -0.05) is 26.7 Å². The molecule has 0 aromatic rings. The van der Waals surface area contributed by atoms with E-state index in [9.17, 15) is 0 Å². The molecule has 1 heterocycles. The minimum atomic E-state index is 0.593. The summed E-state index contributed by atoms with van der Waals surface area (Å²) in [4.78, 5) is 2.77. The van der Waals surface area contributed by atoms with Crippen LogP contribution in [-0.2, 0) is 0 Å². The first-order chi connectivity index (χ1) is 9.28. The predicted molar refractivity (Wildman–Crippen MR) is 87.0 cm³/mol. The standard InChI is InChI=1S/C16H32N2S/c1-3-9-17-13-16(7-5-6-8-16)14-18-10-11-19-15(4-2)12-18/h15,17H,3-14H2,1-2H3. The van der Waals surface area contributed by atoms with Gasteiger partial charge < -0.3 is 10.2 Å². The Balaban J connectivity index is 1.85. The summed E-state index contributed by atoms with van der Waals surface area (Å²) in [6, 6.07) is 0. The minimum absolute atomic E-state index is 0.593. The molecule has 1 aliphatic heterocycles. The summed E-state index contributed by atoms with van der Waals surface area (Å²) in [6.45, 7) is 11.0. The Morgan fingerprint density at radius 3 is 2.74 bits per heavy atom. The molecule has 2 nitrogen and oxygen atoms in total. The van der Waals surface area contributed by atoms with Gasteiger partial charge in [-0.15, -0.1) is 0 Å². The van der Waals surface area contributed by atoms with Crippen LogP contribution in [0.3, 0.4) is 0 Å². The molecule has 1 atom stereocenters. The second-order valence-corrected chi connectivity index (χ2v) is 7.93. The average Bonchev–Trinajstić information content (AvgIpc) is 2.88. The van der Waals surface area contributed by atoms with Gasteiger partial charge in [0.15, 0.2) is 0 Å². The van der Waals surface area contributed by atoms with Gasteiger partial charge in [0.25, 0.3) is 0 Å². The maximum absolute atomic E-state index is 3.70. The van der Waals surface area contributed by atoms with Crippen LogP contribution >= 0.6 is 11.8 Å². The molecule has 0 spiro atoms. The van der Waals surface area contributed by atoms with E-state index < -0.39 is 0 Å². The monoisotopic (exact) mass is 284 g/mol. The van der Waals surface area contributed by atoms with E-state index in [4.69, 9.17) is 0 Å². The Bertz CT molecular complexity index is 251. The van der Waals surface area contributed by atoms with Crippen molar-refractivity contribution in [2.75, 3.05) is 38.5 Å². The third-order valence-electron chi connectivity index (χ3n) is 4.83. The molecule has 3 heteroatoms. The van der Waals surface area contributed by atoms with Crippen molar-refractivity contribution >= 4 is 11.8 Å². The van der Waals surface area contributed by atoms with Crippen molar-refractivity contribution in [1.29, 1.82) is 0 Å². The van der Waals surface area contributed by atoms with E-state index >= 15 is 0 Å².